The van der Waals surface area contributed by atoms with Crippen LogP contribution in [0.25, 0.3) is 11.0 Å². The van der Waals surface area contributed by atoms with E-state index in [1.807, 2.05) is 0 Å². The standard InChI is InChI=1S/C26H32O11/c1-5-26(4,33)8-6-7-13(2)24(32)34-12-19-21(29)22(30)23(31)25(37-19)36-15-10-17(28)20-16(27)9-14(3)35-18(20)11-15/h5,7,9-11,19,21-23,25,28-31,33H,1,6,8,12H2,2-4H3/t19-,21-,22+,23-,25+,26-/m1/s1. The summed E-state index contributed by atoms with van der Waals surface area (Å²) in [6.45, 7) is 7.76. The molecule has 2 heterocycles. The maximum atomic E-state index is 12.3. The summed E-state index contributed by atoms with van der Waals surface area (Å²) < 4.78 is 21.8. The number of rotatable bonds is 9. The van der Waals surface area contributed by atoms with Crippen molar-refractivity contribution in [3.63, 3.8) is 0 Å². The van der Waals surface area contributed by atoms with Crippen LogP contribution in [0.15, 0.2) is 51.7 Å². The van der Waals surface area contributed by atoms with Crippen molar-refractivity contribution in [2.75, 3.05) is 6.61 Å². The molecule has 0 bridgehead atoms. The van der Waals surface area contributed by atoms with E-state index < -0.39 is 60.1 Å². The number of benzene rings is 1. The van der Waals surface area contributed by atoms with Crippen LogP contribution < -0.4 is 10.2 Å². The second kappa shape index (κ2) is 11.4. The SMILES string of the molecule is C=C[C@@](C)(O)CCC=C(C)C(=O)OC[C@H]1O[C@H](Oc2cc(O)c3c(=O)cc(C)oc3c2)[C@H](O)[C@@H](O)[C@@H]1O. The smallest absolute Gasteiger partial charge is 0.333 e. The summed E-state index contributed by atoms with van der Waals surface area (Å²) in [6.07, 6.45) is -4.02. The van der Waals surface area contributed by atoms with Crippen molar-refractivity contribution >= 4 is 16.9 Å². The predicted octanol–water partition coefficient (Wildman–Crippen LogP) is 1.20. The lowest BCUT2D eigenvalue weighted by Crippen LogP contribution is -2.60. The Balaban J connectivity index is 1.68. The molecular formula is C26H32O11. The molecule has 0 aliphatic carbocycles. The fourth-order valence-corrected chi connectivity index (χ4v) is 3.76. The third-order valence-corrected chi connectivity index (χ3v) is 6.07. The lowest BCUT2D eigenvalue weighted by molar-refractivity contribution is -0.278. The molecule has 0 radical (unpaired) electrons. The van der Waals surface area contributed by atoms with Crippen LogP contribution in [0.2, 0.25) is 0 Å². The van der Waals surface area contributed by atoms with Gasteiger partial charge in [0.25, 0.3) is 0 Å². The fourth-order valence-electron chi connectivity index (χ4n) is 3.76. The number of fused-ring (bicyclic) bond motifs is 1. The van der Waals surface area contributed by atoms with E-state index in [1.165, 1.54) is 25.1 Å². The topological polar surface area (TPSA) is 176 Å². The number of aromatic hydroxyl groups is 1. The number of aliphatic hydroxyl groups is 4. The van der Waals surface area contributed by atoms with Gasteiger partial charge in [-0.25, -0.2) is 4.79 Å². The number of phenols is 1. The second-order valence-electron chi connectivity index (χ2n) is 9.25. The van der Waals surface area contributed by atoms with Gasteiger partial charge in [-0.05, 0) is 33.6 Å². The summed E-state index contributed by atoms with van der Waals surface area (Å²) in [5.41, 5.74) is -1.22. The van der Waals surface area contributed by atoms with Crippen molar-refractivity contribution in [3.8, 4) is 11.5 Å². The molecule has 11 heteroatoms. The Morgan fingerprint density at radius 2 is 1.89 bits per heavy atom. The van der Waals surface area contributed by atoms with E-state index in [1.54, 1.807) is 19.9 Å². The van der Waals surface area contributed by atoms with Gasteiger partial charge in [0.1, 0.15) is 59.3 Å². The minimum Gasteiger partial charge on any atom is -0.507 e. The summed E-state index contributed by atoms with van der Waals surface area (Å²) in [6, 6.07) is 3.65. The summed E-state index contributed by atoms with van der Waals surface area (Å²) in [7, 11) is 0. The van der Waals surface area contributed by atoms with Gasteiger partial charge in [0.2, 0.25) is 6.29 Å². The van der Waals surface area contributed by atoms with Crippen LogP contribution in [-0.4, -0.2) is 74.4 Å². The number of carbonyl (C=O) groups is 1. The summed E-state index contributed by atoms with van der Waals surface area (Å²) in [5.74, 6) is -0.860. The first kappa shape index (κ1) is 28.4. The maximum Gasteiger partial charge on any atom is 0.333 e. The lowest BCUT2D eigenvalue weighted by Gasteiger charge is -2.39. The van der Waals surface area contributed by atoms with Crippen molar-refractivity contribution in [2.45, 2.75) is 69.9 Å². The lowest BCUT2D eigenvalue weighted by atomic mass is 9.99. The van der Waals surface area contributed by atoms with Crippen LogP contribution in [-0.2, 0) is 14.3 Å². The van der Waals surface area contributed by atoms with Gasteiger partial charge in [-0.15, -0.1) is 6.58 Å². The highest BCUT2D eigenvalue weighted by Gasteiger charge is 2.45. The van der Waals surface area contributed by atoms with Crippen molar-refractivity contribution in [1.82, 2.24) is 0 Å². The molecule has 0 saturated carbocycles. The van der Waals surface area contributed by atoms with E-state index in [-0.39, 0.29) is 22.3 Å². The van der Waals surface area contributed by atoms with Crippen LogP contribution in [0.1, 0.15) is 32.4 Å². The van der Waals surface area contributed by atoms with Crippen LogP contribution in [0, 0.1) is 6.92 Å². The number of hydrogen-bond acceptors (Lipinski definition) is 11. The molecule has 2 aromatic rings. The quantitative estimate of drug-likeness (QED) is 0.182. The average molecular weight is 521 g/mol. The Kier molecular flexibility index (Phi) is 8.77. The third kappa shape index (κ3) is 6.76. The Morgan fingerprint density at radius 3 is 2.57 bits per heavy atom. The van der Waals surface area contributed by atoms with Crippen molar-refractivity contribution < 1.29 is 49.0 Å². The molecule has 1 aliphatic rings. The first-order chi connectivity index (χ1) is 17.3. The normalized spacial score (nSPS) is 25.9. The zero-order valence-electron chi connectivity index (χ0n) is 20.8. The number of hydrogen-bond donors (Lipinski definition) is 5. The largest absolute Gasteiger partial charge is 0.507 e. The predicted molar refractivity (Wildman–Crippen MR) is 131 cm³/mol. The molecule has 1 aromatic carbocycles. The fraction of sp³-hybridized carbons (Fsp3) is 0.462. The highest BCUT2D eigenvalue weighted by molar-refractivity contribution is 5.87. The molecule has 3 rings (SSSR count). The number of carbonyl (C=O) groups excluding carboxylic acids is 1. The van der Waals surface area contributed by atoms with Crippen LogP contribution in [0.4, 0.5) is 0 Å². The van der Waals surface area contributed by atoms with E-state index in [0.717, 1.165) is 6.07 Å². The minimum atomic E-state index is -1.70. The highest BCUT2D eigenvalue weighted by atomic mass is 16.7. The van der Waals surface area contributed by atoms with Gasteiger partial charge in [-0.1, -0.05) is 12.2 Å². The van der Waals surface area contributed by atoms with Gasteiger partial charge >= 0.3 is 5.97 Å². The Labute approximate surface area is 212 Å². The molecule has 0 unspecified atom stereocenters. The van der Waals surface area contributed by atoms with Crippen LogP contribution in [0.5, 0.6) is 11.5 Å². The molecule has 1 aliphatic heterocycles. The van der Waals surface area contributed by atoms with Gasteiger partial charge in [-0.2, -0.15) is 0 Å². The zero-order valence-corrected chi connectivity index (χ0v) is 20.8. The molecule has 37 heavy (non-hydrogen) atoms. The molecular weight excluding hydrogens is 488 g/mol. The molecule has 1 fully saturated rings. The van der Waals surface area contributed by atoms with Gasteiger partial charge in [-0.3, -0.25) is 4.79 Å². The number of phenolic OH excluding ortho intramolecular Hbond substituents is 1. The molecule has 5 N–H and O–H groups in total. The molecule has 11 nitrogen and oxygen atoms in total. The minimum absolute atomic E-state index is 0.0354. The zero-order chi connectivity index (χ0) is 27.5. The van der Waals surface area contributed by atoms with Crippen LogP contribution in [0.3, 0.4) is 0 Å². The summed E-state index contributed by atoms with van der Waals surface area (Å²) in [5, 5.41) is 51.2. The number of aryl methyl sites for hydroxylation is 1. The molecule has 1 saturated heterocycles. The van der Waals surface area contributed by atoms with E-state index in [9.17, 15) is 35.1 Å². The van der Waals surface area contributed by atoms with Crippen molar-refractivity contribution in [3.05, 3.63) is 58.5 Å². The van der Waals surface area contributed by atoms with Gasteiger partial charge in [0, 0.05) is 23.8 Å². The molecule has 1 aromatic heterocycles. The Hall–Kier alpha value is -3.22. The Bertz CT molecular complexity index is 1230. The number of allylic oxidation sites excluding steroid dienone is 1. The Morgan fingerprint density at radius 1 is 1.19 bits per heavy atom. The van der Waals surface area contributed by atoms with E-state index in [2.05, 4.69) is 6.58 Å². The van der Waals surface area contributed by atoms with Gasteiger partial charge < -0.3 is 44.2 Å². The van der Waals surface area contributed by atoms with E-state index in [4.69, 9.17) is 18.6 Å². The van der Waals surface area contributed by atoms with Crippen molar-refractivity contribution in [1.29, 1.82) is 0 Å². The van der Waals surface area contributed by atoms with Crippen LogP contribution >= 0.6 is 0 Å². The van der Waals surface area contributed by atoms with Gasteiger partial charge in [0.15, 0.2) is 5.43 Å². The molecule has 202 valence electrons. The first-order valence-corrected chi connectivity index (χ1v) is 11.7. The number of aliphatic hydroxyl groups excluding tert-OH is 3. The summed E-state index contributed by atoms with van der Waals surface area (Å²) in [4.78, 5) is 24.5. The van der Waals surface area contributed by atoms with E-state index in [0.29, 0.717) is 18.6 Å². The average Bonchev–Trinajstić information content (AvgIpc) is 2.82. The highest BCUT2D eigenvalue weighted by Crippen LogP contribution is 2.31. The monoisotopic (exact) mass is 520 g/mol. The molecule has 0 spiro atoms. The van der Waals surface area contributed by atoms with E-state index >= 15 is 0 Å². The van der Waals surface area contributed by atoms with Gasteiger partial charge in [0.05, 0.1) is 5.60 Å². The number of ether oxygens (including phenoxy) is 3. The number of esters is 1. The maximum absolute atomic E-state index is 12.3. The second-order valence-corrected chi connectivity index (χ2v) is 9.25. The van der Waals surface area contributed by atoms with Crippen molar-refractivity contribution in [2.24, 2.45) is 0 Å². The third-order valence-electron chi connectivity index (χ3n) is 6.07. The molecule has 0 amide bonds. The molecule has 6 atom stereocenters. The first-order valence-electron chi connectivity index (χ1n) is 11.7. The summed E-state index contributed by atoms with van der Waals surface area (Å²) >= 11 is 0.